The number of para-hydroxylation sites is 1. The number of carbonyl (C=O) groups excluding carboxylic acids is 1. The molecule has 3 aromatic rings. The molecule has 1 aliphatic rings. The van der Waals surface area contributed by atoms with Crippen molar-refractivity contribution in [1.82, 2.24) is 9.88 Å². The van der Waals surface area contributed by atoms with Crippen LogP contribution in [0.15, 0.2) is 66.9 Å². The van der Waals surface area contributed by atoms with Gasteiger partial charge in [-0.05, 0) is 36.5 Å². The van der Waals surface area contributed by atoms with Gasteiger partial charge in [0.2, 0.25) is 5.91 Å². The Labute approximate surface area is 148 Å². The molecule has 0 bridgehead atoms. The first kappa shape index (κ1) is 15.8. The lowest BCUT2D eigenvalue weighted by Crippen LogP contribution is -2.37. The third-order valence-electron chi connectivity index (χ3n) is 5.07. The largest absolute Gasteiger partial charge is 0.339 e. The fourth-order valence-corrected chi connectivity index (χ4v) is 3.84. The molecular formula is C22H22N2O. The second-order valence-corrected chi connectivity index (χ2v) is 6.74. The van der Waals surface area contributed by atoms with E-state index in [2.05, 4.69) is 34.1 Å². The first-order valence-electron chi connectivity index (χ1n) is 8.97. The molecule has 1 unspecified atom stereocenters. The minimum Gasteiger partial charge on any atom is -0.339 e. The lowest BCUT2D eigenvalue weighted by atomic mass is 10.0. The normalized spacial score (nSPS) is 17.1. The van der Waals surface area contributed by atoms with Gasteiger partial charge in [0.05, 0.1) is 11.9 Å². The van der Waals surface area contributed by atoms with Crippen LogP contribution in [0.25, 0.3) is 10.9 Å². The highest BCUT2D eigenvalue weighted by molar-refractivity contribution is 5.87. The number of carbonyl (C=O) groups is 1. The van der Waals surface area contributed by atoms with Crippen molar-refractivity contribution in [2.75, 3.05) is 6.54 Å². The topological polar surface area (TPSA) is 33.2 Å². The number of hydrogen-bond acceptors (Lipinski definition) is 2. The average molecular weight is 330 g/mol. The lowest BCUT2D eigenvalue weighted by Gasteiger charge is -2.25. The highest BCUT2D eigenvalue weighted by atomic mass is 16.2. The van der Waals surface area contributed by atoms with Crippen LogP contribution >= 0.6 is 0 Å². The molecule has 0 aliphatic carbocycles. The smallest absolute Gasteiger partial charge is 0.227 e. The van der Waals surface area contributed by atoms with Gasteiger partial charge in [0.15, 0.2) is 0 Å². The minimum absolute atomic E-state index is 0.219. The van der Waals surface area contributed by atoms with E-state index in [0.29, 0.717) is 12.5 Å². The van der Waals surface area contributed by atoms with Gasteiger partial charge in [-0.15, -0.1) is 0 Å². The Morgan fingerprint density at radius 2 is 1.88 bits per heavy atom. The third kappa shape index (κ3) is 3.41. The Bertz CT molecular complexity index is 870. The molecule has 0 spiro atoms. The highest BCUT2D eigenvalue weighted by Gasteiger charge is 2.28. The maximum absolute atomic E-state index is 13.0. The molecule has 1 amide bonds. The fraction of sp³-hybridized carbons (Fsp3) is 0.273. The van der Waals surface area contributed by atoms with E-state index in [1.807, 2.05) is 36.4 Å². The van der Waals surface area contributed by atoms with Gasteiger partial charge in [-0.2, -0.15) is 0 Å². The molecule has 2 heterocycles. The summed E-state index contributed by atoms with van der Waals surface area (Å²) in [6.45, 7) is 0.870. The van der Waals surface area contributed by atoms with Crippen molar-refractivity contribution in [2.45, 2.75) is 31.7 Å². The summed E-state index contributed by atoms with van der Waals surface area (Å²) in [5, 5.41) is 1.09. The third-order valence-corrected chi connectivity index (χ3v) is 5.07. The van der Waals surface area contributed by atoms with Crippen molar-refractivity contribution in [1.29, 1.82) is 0 Å². The van der Waals surface area contributed by atoms with E-state index in [1.165, 1.54) is 5.56 Å². The summed E-state index contributed by atoms with van der Waals surface area (Å²) in [5.74, 6) is 0.219. The summed E-state index contributed by atoms with van der Waals surface area (Å²) in [4.78, 5) is 19.5. The zero-order valence-electron chi connectivity index (χ0n) is 14.3. The zero-order chi connectivity index (χ0) is 17.1. The molecule has 1 atom stereocenters. The molecular weight excluding hydrogens is 308 g/mol. The standard InChI is InChI=1S/C22H22N2O/c25-21(16-19-10-4-9-18-11-5-13-23-22(18)19)24-14-6-12-20(24)15-17-7-2-1-3-8-17/h1-5,7-11,13,20H,6,12,14-16H2. The Morgan fingerprint density at radius 1 is 1.04 bits per heavy atom. The van der Waals surface area contributed by atoms with Crippen LogP contribution < -0.4 is 0 Å². The van der Waals surface area contributed by atoms with Gasteiger partial charge in [-0.1, -0.05) is 54.6 Å². The molecule has 0 N–H and O–H groups in total. The number of nitrogens with zero attached hydrogens (tertiary/aromatic N) is 2. The van der Waals surface area contributed by atoms with E-state index in [4.69, 9.17) is 0 Å². The number of pyridine rings is 1. The SMILES string of the molecule is O=C(Cc1cccc2cccnc12)N1CCCC1Cc1ccccc1. The molecule has 3 heteroatoms. The first-order chi connectivity index (χ1) is 12.3. The maximum atomic E-state index is 13.0. The van der Waals surface area contributed by atoms with Crippen LogP contribution in [0.1, 0.15) is 24.0 Å². The van der Waals surface area contributed by atoms with Crippen LogP contribution in [0.4, 0.5) is 0 Å². The van der Waals surface area contributed by atoms with Gasteiger partial charge in [0, 0.05) is 24.2 Å². The first-order valence-corrected chi connectivity index (χ1v) is 8.97. The Kier molecular flexibility index (Phi) is 4.47. The molecule has 1 aromatic heterocycles. The van der Waals surface area contributed by atoms with Crippen molar-refractivity contribution >= 4 is 16.8 Å². The highest BCUT2D eigenvalue weighted by Crippen LogP contribution is 2.23. The summed E-state index contributed by atoms with van der Waals surface area (Å²) in [5.41, 5.74) is 3.27. The molecule has 4 rings (SSSR count). The Hall–Kier alpha value is -2.68. The molecule has 2 aromatic carbocycles. The minimum atomic E-state index is 0.219. The van der Waals surface area contributed by atoms with E-state index < -0.39 is 0 Å². The summed E-state index contributed by atoms with van der Waals surface area (Å²) < 4.78 is 0. The summed E-state index contributed by atoms with van der Waals surface area (Å²) in [6.07, 6.45) is 5.36. The van der Waals surface area contributed by atoms with Gasteiger partial charge in [-0.3, -0.25) is 9.78 Å². The van der Waals surface area contributed by atoms with Crippen molar-refractivity contribution in [3.63, 3.8) is 0 Å². The molecule has 0 radical (unpaired) electrons. The zero-order valence-corrected chi connectivity index (χ0v) is 14.3. The summed E-state index contributed by atoms with van der Waals surface area (Å²) in [6, 6.07) is 20.8. The number of aromatic nitrogens is 1. The Morgan fingerprint density at radius 3 is 2.76 bits per heavy atom. The molecule has 0 saturated carbocycles. The van der Waals surface area contributed by atoms with Crippen LogP contribution in [-0.4, -0.2) is 28.4 Å². The molecule has 1 fully saturated rings. The van der Waals surface area contributed by atoms with E-state index >= 15 is 0 Å². The summed E-state index contributed by atoms with van der Waals surface area (Å²) >= 11 is 0. The molecule has 1 saturated heterocycles. The number of amides is 1. The molecule has 25 heavy (non-hydrogen) atoms. The van der Waals surface area contributed by atoms with Crippen LogP contribution in [0.2, 0.25) is 0 Å². The van der Waals surface area contributed by atoms with Gasteiger partial charge in [0.25, 0.3) is 0 Å². The second kappa shape index (κ2) is 7.06. The second-order valence-electron chi connectivity index (χ2n) is 6.74. The lowest BCUT2D eigenvalue weighted by molar-refractivity contribution is -0.131. The van der Waals surface area contributed by atoms with E-state index in [9.17, 15) is 4.79 Å². The van der Waals surface area contributed by atoms with E-state index in [0.717, 1.165) is 42.3 Å². The quantitative estimate of drug-likeness (QED) is 0.724. The van der Waals surface area contributed by atoms with E-state index in [1.54, 1.807) is 6.20 Å². The van der Waals surface area contributed by atoms with Gasteiger partial charge >= 0.3 is 0 Å². The van der Waals surface area contributed by atoms with Crippen molar-refractivity contribution in [2.24, 2.45) is 0 Å². The number of rotatable bonds is 4. The van der Waals surface area contributed by atoms with Crippen LogP contribution in [0.3, 0.4) is 0 Å². The maximum Gasteiger partial charge on any atom is 0.227 e. The number of hydrogen-bond donors (Lipinski definition) is 0. The van der Waals surface area contributed by atoms with Gasteiger partial charge in [-0.25, -0.2) is 0 Å². The predicted octanol–water partition coefficient (Wildman–Crippen LogP) is 4.01. The average Bonchev–Trinajstić information content (AvgIpc) is 3.11. The van der Waals surface area contributed by atoms with E-state index in [-0.39, 0.29) is 5.91 Å². The van der Waals surface area contributed by atoms with Crippen LogP contribution in [0, 0.1) is 0 Å². The molecule has 3 nitrogen and oxygen atoms in total. The van der Waals surface area contributed by atoms with Crippen LogP contribution in [0.5, 0.6) is 0 Å². The molecule has 126 valence electrons. The van der Waals surface area contributed by atoms with Crippen molar-refractivity contribution in [3.05, 3.63) is 78.0 Å². The Balaban J connectivity index is 1.51. The summed E-state index contributed by atoms with van der Waals surface area (Å²) in [7, 11) is 0. The number of fused-ring (bicyclic) bond motifs is 1. The van der Waals surface area contributed by atoms with Crippen molar-refractivity contribution in [3.8, 4) is 0 Å². The van der Waals surface area contributed by atoms with Gasteiger partial charge < -0.3 is 4.90 Å². The number of likely N-dealkylation sites (tertiary alicyclic amines) is 1. The monoisotopic (exact) mass is 330 g/mol. The van der Waals surface area contributed by atoms with Crippen molar-refractivity contribution < 1.29 is 4.79 Å². The predicted molar refractivity (Wildman–Crippen MR) is 100 cm³/mol. The van der Waals surface area contributed by atoms with Crippen LogP contribution in [-0.2, 0) is 17.6 Å². The molecule has 1 aliphatic heterocycles. The number of benzene rings is 2. The fourth-order valence-electron chi connectivity index (χ4n) is 3.84. The van der Waals surface area contributed by atoms with Gasteiger partial charge in [0.1, 0.15) is 0 Å².